The molecule has 1 N–H and O–H groups in total. The number of carbonyl (C=O) groups is 1. The number of ether oxygens (including phenoxy) is 1. The zero-order valence-corrected chi connectivity index (χ0v) is 17.8. The van der Waals surface area contributed by atoms with E-state index >= 15 is 0 Å². The van der Waals surface area contributed by atoms with Crippen LogP contribution in [-0.4, -0.2) is 21.6 Å². The minimum Gasteiger partial charge on any atom is -0.494 e. The summed E-state index contributed by atoms with van der Waals surface area (Å²) in [5, 5.41) is 20.7. The zero-order valence-electron chi connectivity index (χ0n) is 17.1. The Hall–Kier alpha value is -2.78. The van der Waals surface area contributed by atoms with E-state index in [-0.39, 0.29) is 23.2 Å². The average molecular weight is 417 g/mol. The first-order valence-electron chi connectivity index (χ1n) is 9.56. The second kappa shape index (κ2) is 9.62. The van der Waals surface area contributed by atoms with Crippen molar-refractivity contribution in [3.05, 3.63) is 55.8 Å². The van der Waals surface area contributed by atoms with Gasteiger partial charge < -0.3 is 9.84 Å². The number of hydrogen-bond acceptors (Lipinski definition) is 5. The summed E-state index contributed by atoms with van der Waals surface area (Å²) in [6.07, 6.45) is 1.51. The number of rotatable bonds is 8. The molecule has 0 aliphatic carbocycles. The van der Waals surface area contributed by atoms with Crippen molar-refractivity contribution in [3.63, 3.8) is 0 Å². The van der Waals surface area contributed by atoms with E-state index < -0.39 is 23.3 Å². The summed E-state index contributed by atoms with van der Waals surface area (Å²) in [6.45, 7) is 7.12. The standard InChI is InChI=1S/C22H25ClN2O4/c1-5-6-7-10-25-21(27)17(12-24)14(3)19(22(25)28)20(26)15(4)29-16-8-9-18(23)13(2)11-16/h8-9,11,15,28H,5-7,10H2,1-4H3. The fraction of sp³-hybridized carbons (Fsp3) is 0.409. The van der Waals surface area contributed by atoms with Crippen molar-refractivity contribution < 1.29 is 14.6 Å². The van der Waals surface area contributed by atoms with E-state index in [0.717, 1.165) is 23.0 Å². The Bertz CT molecular complexity index is 1020. The summed E-state index contributed by atoms with van der Waals surface area (Å²) in [5.74, 6) is -0.467. The van der Waals surface area contributed by atoms with E-state index in [2.05, 4.69) is 0 Å². The molecule has 2 aromatic rings. The van der Waals surface area contributed by atoms with Gasteiger partial charge in [-0.25, -0.2) is 0 Å². The number of nitrogens with zero attached hydrogens (tertiary/aromatic N) is 2. The van der Waals surface area contributed by atoms with Crippen LogP contribution in [0.5, 0.6) is 11.6 Å². The van der Waals surface area contributed by atoms with Crippen molar-refractivity contribution in [2.75, 3.05) is 0 Å². The molecule has 1 aromatic carbocycles. The number of halogens is 1. The van der Waals surface area contributed by atoms with Crippen molar-refractivity contribution in [1.82, 2.24) is 4.57 Å². The number of benzene rings is 1. The molecule has 0 spiro atoms. The van der Waals surface area contributed by atoms with Crippen LogP contribution in [0, 0.1) is 25.2 Å². The number of unbranched alkanes of at least 4 members (excludes halogenated alkanes) is 2. The lowest BCUT2D eigenvalue weighted by Crippen LogP contribution is -2.31. The maximum Gasteiger partial charge on any atom is 0.271 e. The van der Waals surface area contributed by atoms with Gasteiger partial charge in [0, 0.05) is 11.6 Å². The maximum absolute atomic E-state index is 13.1. The Morgan fingerprint density at radius 1 is 1.34 bits per heavy atom. The monoisotopic (exact) mass is 416 g/mol. The Labute approximate surface area is 175 Å². The minimum absolute atomic E-state index is 0.0594. The smallest absolute Gasteiger partial charge is 0.271 e. The number of Topliss-reactive ketones (excluding diaryl/α,β-unsaturated/α-hetero) is 1. The number of ketones is 1. The second-order valence-corrected chi connectivity index (χ2v) is 7.42. The van der Waals surface area contributed by atoms with Gasteiger partial charge in [0.15, 0.2) is 6.10 Å². The van der Waals surface area contributed by atoms with Crippen LogP contribution >= 0.6 is 11.6 Å². The Morgan fingerprint density at radius 2 is 2.03 bits per heavy atom. The highest BCUT2D eigenvalue weighted by molar-refractivity contribution is 6.31. The summed E-state index contributed by atoms with van der Waals surface area (Å²) in [4.78, 5) is 25.6. The highest BCUT2D eigenvalue weighted by Gasteiger charge is 2.28. The summed E-state index contributed by atoms with van der Waals surface area (Å²) in [6, 6.07) is 6.91. The lowest BCUT2D eigenvalue weighted by Gasteiger charge is -2.19. The van der Waals surface area contributed by atoms with E-state index in [9.17, 15) is 20.0 Å². The first kappa shape index (κ1) is 22.5. The van der Waals surface area contributed by atoms with Crippen LogP contribution in [0.25, 0.3) is 0 Å². The first-order chi connectivity index (χ1) is 13.7. The molecular weight excluding hydrogens is 392 g/mol. The molecule has 0 fully saturated rings. The third-order valence-electron chi connectivity index (χ3n) is 4.84. The lowest BCUT2D eigenvalue weighted by atomic mass is 9.99. The number of aromatic hydroxyl groups is 1. The van der Waals surface area contributed by atoms with Gasteiger partial charge in [-0.15, -0.1) is 0 Å². The number of aromatic nitrogens is 1. The zero-order chi connectivity index (χ0) is 21.7. The van der Waals surface area contributed by atoms with Crippen molar-refractivity contribution in [3.8, 4) is 17.7 Å². The van der Waals surface area contributed by atoms with E-state index in [1.54, 1.807) is 25.1 Å². The number of hydrogen-bond donors (Lipinski definition) is 1. The highest BCUT2D eigenvalue weighted by Crippen LogP contribution is 2.26. The van der Waals surface area contributed by atoms with Crippen LogP contribution in [0.1, 0.15) is 60.2 Å². The van der Waals surface area contributed by atoms with Gasteiger partial charge in [-0.2, -0.15) is 5.26 Å². The van der Waals surface area contributed by atoms with Crippen molar-refractivity contribution in [1.29, 1.82) is 5.26 Å². The molecule has 0 radical (unpaired) electrons. The third-order valence-corrected chi connectivity index (χ3v) is 5.27. The second-order valence-electron chi connectivity index (χ2n) is 7.01. The van der Waals surface area contributed by atoms with Gasteiger partial charge in [-0.1, -0.05) is 31.4 Å². The molecule has 7 heteroatoms. The van der Waals surface area contributed by atoms with Crippen molar-refractivity contribution in [2.24, 2.45) is 0 Å². The van der Waals surface area contributed by atoms with E-state index in [1.165, 1.54) is 6.92 Å². The molecule has 2 rings (SSSR count). The van der Waals surface area contributed by atoms with E-state index in [0.29, 0.717) is 17.2 Å². The predicted octanol–water partition coefficient (Wildman–Crippen LogP) is 4.54. The number of pyridine rings is 1. The van der Waals surface area contributed by atoms with Gasteiger partial charge in [0.25, 0.3) is 5.56 Å². The highest BCUT2D eigenvalue weighted by atomic mass is 35.5. The summed E-state index contributed by atoms with van der Waals surface area (Å²) in [5.41, 5.74) is 0.179. The fourth-order valence-corrected chi connectivity index (χ4v) is 3.24. The molecule has 154 valence electrons. The fourth-order valence-electron chi connectivity index (χ4n) is 3.12. The van der Waals surface area contributed by atoms with Gasteiger partial charge in [0.1, 0.15) is 17.4 Å². The summed E-state index contributed by atoms with van der Waals surface area (Å²) < 4.78 is 6.83. The lowest BCUT2D eigenvalue weighted by molar-refractivity contribution is 0.0812. The molecule has 0 saturated carbocycles. The number of aryl methyl sites for hydroxylation is 1. The van der Waals surface area contributed by atoms with Gasteiger partial charge in [-0.05, 0) is 56.5 Å². The van der Waals surface area contributed by atoms with E-state index in [4.69, 9.17) is 16.3 Å². The Balaban J connectivity index is 2.44. The van der Waals surface area contributed by atoms with Gasteiger partial charge in [0.05, 0.1) is 5.56 Å². The van der Waals surface area contributed by atoms with Crippen molar-refractivity contribution in [2.45, 2.75) is 59.6 Å². The van der Waals surface area contributed by atoms with Crippen molar-refractivity contribution >= 4 is 17.4 Å². The molecular formula is C22H25ClN2O4. The van der Waals surface area contributed by atoms with Crippen LogP contribution in [0.3, 0.4) is 0 Å². The summed E-state index contributed by atoms with van der Waals surface area (Å²) in [7, 11) is 0. The first-order valence-corrected chi connectivity index (χ1v) is 9.94. The predicted molar refractivity (Wildman–Crippen MR) is 112 cm³/mol. The van der Waals surface area contributed by atoms with Crippen LogP contribution in [0.15, 0.2) is 23.0 Å². The molecule has 0 amide bonds. The molecule has 1 unspecified atom stereocenters. The number of nitriles is 1. The minimum atomic E-state index is -0.937. The normalized spacial score (nSPS) is 11.7. The average Bonchev–Trinajstić information content (AvgIpc) is 2.67. The molecule has 0 aliphatic rings. The molecule has 1 aromatic heterocycles. The van der Waals surface area contributed by atoms with Gasteiger partial charge in [-0.3, -0.25) is 14.2 Å². The molecule has 29 heavy (non-hydrogen) atoms. The Morgan fingerprint density at radius 3 is 2.62 bits per heavy atom. The van der Waals surface area contributed by atoms with Crippen LogP contribution in [-0.2, 0) is 6.54 Å². The Kier molecular flexibility index (Phi) is 7.46. The number of carbonyl (C=O) groups excluding carboxylic acids is 1. The van der Waals surface area contributed by atoms with Gasteiger partial charge >= 0.3 is 0 Å². The maximum atomic E-state index is 13.1. The van der Waals surface area contributed by atoms with Crippen LogP contribution in [0.4, 0.5) is 0 Å². The molecule has 0 bridgehead atoms. The molecule has 1 atom stereocenters. The quantitative estimate of drug-likeness (QED) is 0.503. The SMILES string of the molecule is CCCCCn1c(O)c(C(=O)C(C)Oc2ccc(Cl)c(C)c2)c(C)c(C#N)c1=O. The van der Waals surface area contributed by atoms with Gasteiger partial charge in [0.2, 0.25) is 11.7 Å². The summed E-state index contributed by atoms with van der Waals surface area (Å²) >= 11 is 6.02. The topological polar surface area (TPSA) is 92.3 Å². The van der Waals surface area contributed by atoms with Crippen LogP contribution < -0.4 is 10.3 Å². The molecule has 6 nitrogen and oxygen atoms in total. The van der Waals surface area contributed by atoms with Crippen LogP contribution in [0.2, 0.25) is 5.02 Å². The third kappa shape index (κ3) is 4.80. The largest absolute Gasteiger partial charge is 0.494 e. The molecule has 0 aliphatic heterocycles. The molecule has 0 saturated heterocycles. The van der Waals surface area contributed by atoms with E-state index in [1.807, 2.05) is 19.9 Å². The molecule has 1 heterocycles.